The molecule has 0 fully saturated rings. The first kappa shape index (κ1) is 23.1. The van der Waals surface area contributed by atoms with Gasteiger partial charge in [0.1, 0.15) is 11.5 Å². The van der Waals surface area contributed by atoms with Gasteiger partial charge in [-0.15, -0.1) is 4.73 Å². The number of benzene rings is 1. The van der Waals surface area contributed by atoms with E-state index < -0.39 is 11.5 Å². The fourth-order valence-electron chi connectivity index (χ4n) is 2.95. The topological polar surface area (TPSA) is 117 Å². The van der Waals surface area contributed by atoms with E-state index >= 15 is 0 Å². The lowest BCUT2D eigenvalue weighted by atomic mass is 10.1. The van der Waals surface area contributed by atoms with Crippen LogP contribution < -0.4 is 29.8 Å². The second-order valence-electron chi connectivity index (χ2n) is 7.00. The molecule has 30 heavy (non-hydrogen) atoms. The van der Waals surface area contributed by atoms with Crippen molar-refractivity contribution in [2.24, 2.45) is 5.92 Å². The largest absolute Gasteiger partial charge is 0.616 e. The Bertz CT molecular complexity index is 939. The second kappa shape index (κ2) is 10.5. The lowest BCUT2D eigenvalue weighted by Gasteiger charge is -2.14. The third-order valence-corrected chi connectivity index (χ3v) is 4.25. The molecule has 2 aromatic rings. The van der Waals surface area contributed by atoms with Gasteiger partial charge in [0.2, 0.25) is 5.69 Å². The van der Waals surface area contributed by atoms with Crippen LogP contribution in [0.4, 0.5) is 0 Å². The molecule has 1 aromatic carbocycles. The predicted octanol–water partition coefficient (Wildman–Crippen LogP) is 1.94. The number of H-pyrrole nitrogens is 1. The summed E-state index contributed by atoms with van der Waals surface area (Å²) in [5.74, 6) is 0.443. The Kier molecular flexibility index (Phi) is 8.08. The first-order valence-electron chi connectivity index (χ1n) is 9.91. The van der Waals surface area contributed by atoms with Crippen LogP contribution in [0.5, 0.6) is 17.4 Å². The number of nitrogens with one attached hydrogen (secondary N) is 2. The van der Waals surface area contributed by atoms with Crippen LogP contribution in [0.3, 0.4) is 0 Å². The summed E-state index contributed by atoms with van der Waals surface area (Å²) >= 11 is 0. The van der Waals surface area contributed by atoms with Crippen molar-refractivity contribution in [2.75, 3.05) is 20.3 Å². The quantitative estimate of drug-likeness (QED) is 0.449. The molecule has 0 saturated carbocycles. The Labute approximate surface area is 175 Å². The summed E-state index contributed by atoms with van der Waals surface area (Å²) in [4.78, 5) is 27.5. The van der Waals surface area contributed by atoms with Gasteiger partial charge in [-0.1, -0.05) is 13.8 Å². The average molecular weight is 419 g/mol. The summed E-state index contributed by atoms with van der Waals surface area (Å²) in [7, 11) is 1.28. The summed E-state index contributed by atoms with van der Waals surface area (Å²) in [6.07, 6.45) is 0.265. The maximum absolute atomic E-state index is 12.7. The van der Waals surface area contributed by atoms with E-state index in [-0.39, 0.29) is 36.2 Å². The molecular formula is C21H29N3O6. The van der Waals surface area contributed by atoms with E-state index in [1.165, 1.54) is 7.11 Å². The molecule has 0 radical (unpaired) electrons. The van der Waals surface area contributed by atoms with Crippen LogP contribution in [0, 0.1) is 11.1 Å². The molecule has 0 spiro atoms. The van der Waals surface area contributed by atoms with Gasteiger partial charge >= 0.3 is 11.4 Å². The molecule has 0 aliphatic carbocycles. The summed E-state index contributed by atoms with van der Waals surface area (Å²) in [6, 6.07) is 5.32. The molecule has 9 heteroatoms. The Hall–Kier alpha value is -3.23. The molecule has 0 atom stereocenters. The minimum Gasteiger partial charge on any atom is -0.616 e. The smallest absolute Gasteiger partial charge is 0.409 e. The molecule has 0 aliphatic heterocycles. The number of hydrogen-bond acceptors (Lipinski definition) is 6. The van der Waals surface area contributed by atoms with Gasteiger partial charge in [0.05, 0.1) is 20.3 Å². The van der Waals surface area contributed by atoms with Gasteiger partial charge in [-0.3, -0.25) is 9.59 Å². The summed E-state index contributed by atoms with van der Waals surface area (Å²) in [5.41, 5.74) is -0.112. The highest BCUT2D eigenvalue weighted by Crippen LogP contribution is 2.25. The van der Waals surface area contributed by atoms with Gasteiger partial charge in [-0.05, 0) is 31.9 Å². The third-order valence-electron chi connectivity index (χ3n) is 4.25. The van der Waals surface area contributed by atoms with Crippen LogP contribution in [-0.4, -0.2) is 31.2 Å². The standard InChI is InChI=1S/C21H29N3O6/c1-6-29-15-9-8-14(17(11-15)30-7-2)12-22-20(26)18-21(28-5)24(27)16(10-13(3)4)19(25)23-18/h8-9,11,13H,6-7,10,12H2,1-5H3,(H,22,26)(H,23,25). The van der Waals surface area contributed by atoms with Crippen molar-refractivity contribution in [2.45, 2.75) is 40.7 Å². The minimum absolute atomic E-state index is 0.00328. The molecule has 0 aliphatic rings. The van der Waals surface area contributed by atoms with Crippen molar-refractivity contribution >= 4 is 5.91 Å². The number of nitrogens with zero attached hydrogens (tertiary/aromatic N) is 1. The van der Waals surface area contributed by atoms with E-state index in [0.717, 1.165) is 5.56 Å². The van der Waals surface area contributed by atoms with Crippen molar-refractivity contribution in [1.82, 2.24) is 10.3 Å². The SMILES string of the molecule is CCOc1ccc(CNC(=O)c2[nH]c(=O)c(CC(C)C)[n+]([O-])c2OC)c(OCC)c1. The number of ether oxygens (including phenoxy) is 3. The highest BCUT2D eigenvalue weighted by Gasteiger charge is 2.27. The Morgan fingerprint density at radius 1 is 1.23 bits per heavy atom. The van der Waals surface area contributed by atoms with Gasteiger partial charge in [0.15, 0.2) is 0 Å². The van der Waals surface area contributed by atoms with Gasteiger partial charge in [-0.2, -0.15) is 0 Å². The molecular weight excluding hydrogens is 390 g/mol. The summed E-state index contributed by atoms with van der Waals surface area (Å²) in [5, 5.41) is 15.2. The van der Waals surface area contributed by atoms with Crippen molar-refractivity contribution < 1.29 is 23.7 Å². The Morgan fingerprint density at radius 3 is 2.53 bits per heavy atom. The van der Waals surface area contributed by atoms with E-state index in [1.54, 1.807) is 18.2 Å². The zero-order valence-corrected chi connectivity index (χ0v) is 18.0. The number of aromatic nitrogens is 2. The first-order chi connectivity index (χ1) is 14.3. The molecule has 0 saturated heterocycles. The van der Waals surface area contributed by atoms with Crippen molar-refractivity contribution in [1.29, 1.82) is 0 Å². The maximum Gasteiger partial charge on any atom is 0.409 e. The van der Waals surface area contributed by atoms with Gasteiger partial charge in [0, 0.05) is 24.6 Å². The van der Waals surface area contributed by atoms with E-state index in [1.807, 2.05) is 27.7 Å². The van der Waals surface area contributed by atoms with Gasteiger partial charge in [0.25, 0.3) is 11.6 Å². The number of amides is 1. The number of rotatable bonds is 10. The van der Waals surface area contributed by atoms with Gasteiger partial charge < -0.3 is 29.7 Å². The molecule has 0 bridgehead atoms. The van der Waals surface area contributed by atoms with Crippen LogP contribution in [-0.2, 0) is 13.0 Å². The van der Waals surface area contributed by atoms with Gasteiger partial charge in [-0.25, -0.2) is 0 Å². The number of carbonyl (C=O) groups is 1. The van der Waals surface area contributed by atoms with Crippen LogP contribution in [0.15, 0.2) is 23.0 Å². The molecule has 1 heterocycles. The summed E-state index contributed by atoms with van der Waals surface area (Å²) in [6.45, 7) is 8.62. The Balaban J connectivity index is 2.27. The number of hydrogen-bond donors (Lipinski definition) is 2. The molecule has 0 unspecified atom stereocenters. The molecule has 1 amide bonds. The molecule has 164 valence electrons. The molecule has 2 N–H and O–H groups in total. The fourth-order valence-corrected chi connectivity index (χ4v) is 2.95. The normalized spacial score (nSPS) is 10.7. The fraction of sp³-hybridized carbons (Fsp3) is 0.476. The molecule has 9 nitrogen and oxygen atoms in total. The van der Waals surface area contributed by atoms with E-state index in [9.17, 15) is 14.8 Å². The first-order valence-corrected chi connectivity index (χ1v) is 9.91. The number of methoxy groups -OCH3 is 1. The highest BCUT2D eigenvalue weighted by molar-refractivity contribution is 5.93. The van der Waals surface area contributed by atoms with Crippen molar-refractivity contribution in [3.8, 4) is 17.4 Å². The zero-order valence-electron chi connectivity index (χ0n) is 18.0. The van der Waals surface area contributed by atoms with Crippen LogP contribution in [0.2, 0.25) is 0 Å². The van der Waals surface area contributed by atoms with E-state index in [2.05, 4.69) is 10.3 Å². The van der Waals surface area contributed by atoms with Crippen LogP contribution in [0.25, 0.3) is 0 Å². The molecule has 1 aromatic heterocycles. The predicted molar refractivity (Wildman–Crippen MR) is 111 cm³/mol. The zero-order chi connectivity index (χ0) is 22.3. The van der Waals surface area contributed by atoms with E-state index in [4.69, 9.17) is 14.2 Å². The number of carbonyl (C=O) groups excluding carboxylic acids is 1. The lowest BCUT2D eigenvalue weighted by Crippen LogP contribution is -2.44. The van der Waals surface area contributed by atoms with Crippen LogP contribution in [0.1, 0.15) is 49.4 Å². The summed E-state index contributed by atoms with van der Waals surface area (Å²) < 4.78 is 16.6. The minimum atomic E-state index is -0.638. The number of aromatic amines is 1. The third kappa shape index (κ3) is 5.43. The second-order valence-corrected chi connectivity index (χ2v) is 7.00. The average Bonchev–Trinajstić information content (AvgIpc) is 2.70. The van der Waals surface area contributed by atoms with E-state index in [0.29, 0.717) is 29.4 Å². The maximum atomic E-state index is 12.7. The van der Waals surface area contributed by atoms with Crippen molar-refractivity contribution in [3.63, 3.8) is 0 Å². The van der Waals surface area contributed by atoms with Crippen LogP contribution >= 0.6 is 0 Å². The van der Waals surface area contributed by atoms with Crippen molar-refractivity contribution in [3.05, 3.63) is 50.7 Å². The molecule has 2 rings (SSSR count). The Morgan fingerprint density at radius 2 is 1.93 bits per heavy atom. The monoisotopic (exact) mass is 419 g/mol. The highest BCUT2D eigenvalue weighted by atomic mass is 16.5. The lowest BCUT2D eigenvalue weighted by molar-refractivity contribution is -0.622.